The van der Waals surface area contributed by atoms with Crippen molar-refractivity contribution in [3.8, 4) is 0 Å². The molecule has 182 valence electrons. The summed E-state index contributed by atoms with van der Waals surface area (Å²) >= 11 is 0. The van der Waals surface area contributed by atoms with Crippen LogP contribution in [-0.2, 0) is 19.2 Å². The zero-order valence-corrected chi connectivity index (χ0v) is 20.6. The Labute approximate surface area is 198 Å². The third-order valence-corrected chi connectivity index (χ3v) is 10.2. The Kier molecular flexibility index (Phi) is 6.28. The minimum absolute atomic E-state index is 0.217. The predicted octanol–water partition coefficient (Wildman–Crippen LogP) is 4.39. The zero-order valence-electron chi connectivity index (χ0n) is 20.6. The van der Waals surface area contributed by atoms with Crippen molar-refractivity contribution in [1.82, 2.24) is 4.90 Å². The van der Waals surface area contributed by atoms with Crippen molar-refractivity contribution in [3.05, 3.63) is 11.6 Å². The van der Waals surface area contributed by atoms with Crippen molar-refractivity contribution in [2.45, 2.75) is 72.1 Å². The Balaban J connectivity index is 1.26. The van der Waals surface area contributed by atoms with Gasteiger partial charge in [-0.25, -0.2) is 4.79 Å². The summed E-state index contributed by atoms with van der Waals surface area (Å²) in [6.45, 7) is 10.1. The van der Waals surface area contributed by atoms with E-state index in [-0.39, 0.29) is 23.3 Å². The van der Waals surface area contributed by atoms with E-state index in [0.717, 1.165) is 50.4 Å². The van der Waals surface area contributed by atoms with E-state index >= 15 is 0 Å². The van der Waals surface area contributed by atoms with Crippen LogP contribution in [0.25, 0.3) is 0 Å². The summed E-state index contributed by atoms with van der Waals surface area (Å²) in [4.78, 5) is 31.8. The average molecular weight is 457 g/mol. The predicted molar refractivity (Wildman–Crippen MR) is 127 cm³/mol. The molecule has 0 spiro atoms. The van der Waals surface area contributed by atoms with E-state index in [4.69, 9.17) is 9.57 Å². The number of hydrogen-bond acceptors (Lipinski definition) is 6. The van der Waals surface area contributed by atoms with Crippen LogP contribution >= 0.6 is 0 Å². The van der Waals surface area contributed by atoms with Crippen molar-refractivity contribution in [2.75, 3.05) is 32.8 Å². The molecule has 33 heavy (non-hydrogen) atoms. The molecule has 5 rings (SSSR count). The molecule has 4 aliphatic carbocycles. The third-order valence-electron chi connectivity index (χ3n) is 10.2. The van der Waals surface area contributed by atoms with E-state index in [9.17, 15) is 9.59 Å². The van der Waals surface area contributed by atoms with Gasteiger partial charge in [0.15, 0.2) is 5.78 Å². The van der Waals surface area contributed by atoms with Crippen LogP contribution in [0, 0.1) is 34.5 Å². The summed E-state index contributed by atoms with van der Waals surface area (Å²) < 4.78 is 5.35. The highest BCUT2D eigenvalue weighted by atomic mass is 16.7. The van der Waals surface area contributed by atoms with Gasteiger partial charge in [0, 0.05) is 25.4 Å². The molecule has 1 unspecified atom stereocenters. The topological polar surface area (TPSA) is 68.2 Å². The Morgan fingerprint density at radius 3 is 2.70 bits per heavy atom. The van der Waals surface area contributed by atoms with Crippen LogP contribution in [0.4, 0.5) is 0 Å². The number of nitrogens with zero attached hydrogens (tertiary/aromatic N) is 2. The molecular weight excluding hydrogens is 416 g/mol. The molecule has 0 aromatic rings. The van der Waals surface area contributed by atoms with E-state index in [1.807, 2.05) is 6.08 Å². The number of oxime groups is 1. The van der Waals surface area contributed by atoms with E-state index < -0.39 is 0 Å². The van der Waals surface area contributed by atoms with E-state index in [1.54, 1.807) is 0 Å². The molecule has 0 radical (unpaired) electrons. The molecule has 1 heterocycles. The molecule has 0 bridgehead atoms. The number of rotatable bonds is 4. The molecule has 6 atom stereocenters. The van der Waals surface area contributed by atoms with Gasteiger partial charge in [0.1, 0.15) is 0 Å². The van der Waals surface area contributed by atoms with Crippen molar-refractivity contribution >= 4 is 17.5 Å². The fourth-order valence-corrected chi connectivity index (χ4v) is 8.40. The number of ketones is 1. The molecule has 1 aliphatic heterocycles. The maximum absolute atomic E-state index is 12.3. The van der Waals surface area contributed by atoms with E-state index in [2.05, 4.69) is 30.8 Å². The number of carbonyl (C=O) groups is 2. The first kappa shape index (κ1) is 23.2. The number of allylic oxidation sites excluding steroid dienone is 1. The van der Waals surface area contributed by atoms with Gasteiger partial charge in [0.25, 0.3) is 0 Å². The number of hydrogen-bond donors (Lipinski definition) is 0. The Bertz CT molecular complexity index is 860. The van der Waals surface area contributed by atoms with Gasteiger partial charge >= 0.3 is 5.97 Å². The molecule has 6 nitrogen and oxygen atoms in total. The minimum Gasteiger partial charge on any atom is -0.379 e. The Morgan fingerprint density at radius 1 is 1.12 bits per heavy atom. The molecule has 5 aliphatic rings. The van der Waals surface area contributed by atoms with Gasteiger partial charge in [-0.15, -0.1) is 0 Å². The fraction of sp³-hybridized carbons (Fsp3) is 0.815. The van der Waals surface area contributed by atoms with Gasteiger partial charge in [-0.2, -0.15) is 0 Å². The van der Waals surface area contributed by atoms with Crippen molar-refractivity contribution in [2.24, 2.45) is 39.7 Å². The van der Waals surface area contributed by atoms with Gasteiger partial charge in [-0.05, 0) is 86.5 Å². The molecule has 1 saturated heterocycles. The monoisotopic (exact) mass is 456 g/mol. The van der Waals surface area contributed by atoms with Gasteiger partial charge in [-0.1, -0.05) is 24.6 Å². The highest BCUT2D eigenvalue weighted by Gasteiger charge is 2.59. The van der Waals surface area contributed by atoms with Crippen molar-refractivity contribution in [3.63, 3.8) is 0 Å². The molecule has 0 aromatic carbocycles. The third kappa shape index (κ3) is 4.12. The van der Waals surface area contributed by atoms with Crippen LogP contribution in [0.15, 0.2) is 16.8 Å². The second kappa shape index (κ2) is 8.92. The summed E-state index contributed by atoms with van der Waals surface area (Å²) in [5, 5.41) is 4.36. The van der Waals surface area contributed by atoms with Crippen LogP contribution in [0.2, 0.25) is 0 Å². The van der Waals surface area contributed by atoms with Gasteiger partial charge in [-0.3, -0.25) is 9.69 Å². The molecule has 0 amide bonds. The summed E-state index contributed by atoms with van der Waals surface area (Å²) in [5.41, 5.74) is 2.87. The number of carbonyl (C=O) groups excluding carboxylic acids is 2. The molecule has 0 N–H and O–H groups in total. The summed E-state index contributed by atoms with van der Waals surface area (Å²) in [7, 11) is 0. The lowest BCUT2D eigenvalue weighted by molar-refractivity contribution is -0.146. The molecule has 6 heteroatoms. The first-order valence-corrected chi connectivity index (χ1v) is 13.1. The molecule has 3 saturated carbocycles. The zero-order chi connectivity index (χ0) is 23.2. The Morgan fingerprint density at radius 2 is 1.91 bits per heavy atom. The SMILES string of the molecule is C/C(=N\OC(=O)CN1CCOCC1)[C@H]1CC[C@H]2C3CCC4=CC(=O)CC[C@]4(C)[C@H]3CC[C@]12C. The maximum Gasteiger partial charge on any atom is 0.348 e. The normalized spacial score (nSPS) is 41.6. The second-order valence-electron chi connectivity index (χ2n) is 11.7. The summed E-state index contributed by atoms with van der Waals surface area (Å²) in [6, 6.07) is 0. The Hall–Kier alpha value is -1.53. The quantitative estimate of drug-likeness (QED) is 0.357. The number of morpholine rings is 1. The summed E-state index contributed by atoms with van der Waals surface area (Å²) in [5.74, 6) is 2.58. The van der Waals surface area contributed by atoms with Gasteiger partial charge in [0.05, 0.1) is 25.5 Å². The minimum atomic E-state index is -0.272. The van der Waals surface area contributed by atoms with Crippen LogP contribution in [0.3, 0.4) is 0 Å². The lowest BCUT2D eigenvalue weighted by Crippen LogP contribution is -2.51. The summed E-state index contributed by atoms with van der Waals surface area (Å²) in [6.07, 6.45) is 10.9. The lowest BCUT2D eigenvalue weighted by Gasteiger charge is -2.58. The fourth-order valence-electron chi connectivity index (χ4n) is 8.40. The average Bonchev–Trinajstić information content (AvgIpc) is 3.16. The van der Waals surface area contributed by atoms with Gasteiger partial charge in [0.2, 0.25) is 0 Å². The van der Waals surface area contributed by atoms with Crippen LogP contribution in [0.1, 0.15) is 72.1 Å². The van der Waals surface area contributed by atoms with Crippen LogP contribution in [-0.4, -0.2) is 55.2 Å². The molecular formula is C27H40N2O4. The van der Waals surface area contributed by atoms with Crippen LogP contribution < -0.4 is 0 Å². The lowest BCUT2D eigenvalue weighted by atomic mass is 9.46. The highest BCUT2D eigenvalue weighted by Crippen LogP contribution is 2.66. The standard InChI is InChI=1S/C27H40N2O4/c1-18(28-33-25(31)17-29-12-14-32-15-13-29)22-6-7-23-21-5-4-19-16-20(30)8-10-26(19,2)24(21)9-11-27(22,23)3/h16,21-24H,4-15,17H2,1-3H3/b28-18+/t21?,22-,23+,24+,26+,27-/m1/s1. The molecule has 4 fully saturated rings. The van der Waals surface area contributed by atoms with E-state index in [1.165, 1.54) is 31.3 Å². The second-order valence-corrected chi connectivity index (χ2v) is 11.7. The number of fused-ring (bicyclic) bond motifs is 5. The number of ether oxygens (including phenoxy) is 1. The first-order valence-electron chi connectivity index (χ1n) is 13.1. The van der Waals surface area contributed by atoms with Gasteiger partial charge < -0.3 is 9.57 Å². The van der Waals surface area contributed by atoms with Crippen molar-refractivity contribution < 1.29 is 19.2 Å². The van der Waals surface area contributed by atoms with E-state index in [0.29, 0.717) is 36.8 Å². The maximum atomic E-state index is 12.3. The first-order chi connectivity index (χ1) is 15.8. The van der Waals surface area contributed by atoms with Crippen LogP contribution in [0.5, 0.6) is 0 Å². The largest absolute Gasteiger partial charge is 0.379 e. The smallest absolute Gasteiger partial charge is 0.348 e. The highest BCUT2D eigenvalue weighted by molar-refractivity contribution is 5.91. The molecule has 0 aromatic heterocycles. The van der Waals surface area contributed by atoms with Crippen molar-refractivity contribution in [1.29, 1.82) is 0 Å².